The van der Waals surface area contributed by atoms with Gasteiger partial charge in [0.25, 0.3) is 0 Å². The fourth-order valence-corrected chi connectivity index (χ4v) is 2.86. The van der Waals surface area contributed by atoms with Crippen molar-refractivity contribution in [2.24, 2.45) is 0 Å². The van der Waals surface area contributed by atoms with Crippen LogP contribution in [0.4, 0.5) is 0 Å². The summed E-state index contributed by atoms with van der Waals surface area (Å²) >= 11 is 13.4. The average Bonchev–Trinajstić information content (AvgIpc) is 2.95. The highest BCUT2D eigenvalue weighted by Gasteiger charge is 2.10. The molecule has 0 amide bonds. The maximum atomic E-state index is 6.04. The number of thioether (sulfide) groups is 1. The number of hydrogen-bond donors (Lipinski definition) is 0. The number of hydrogen-bond acceptors (Lipinski definition) is 5. The highest BCUT2D eigenvalue weighted by atomic mass is 35.5. The Morgan fingerprint density at radius 3 is 2.86 bits per heavy atom. The molecule has 2 aromatic heterocycles. The molecule has 0 bridgehead atoms. The van der Waals surface area contributed by atoms with Crippen LogP contribution in [0.1, 0.15) is 5.89 Å². The van der Waals surface area contributed by atoms with E-state index in [-0.39, 0.29) is 0 Å². The van der Waals surface area contributed by atoms with Crippen molar-refractivity contribution in [2.75, 3.05) is 0 Å². The molecule has 0 saturated carbocycles. The molecule has 3 aromatic rings. The van der Waals surface area contributed by atoms with Gasteiger partial charge in [0.05, 0.1) is 10.8 Å². The van der Waals surface area contributed by atoms with Crippen molar-refractivity contribution in [1.29, 1.82) is 0 Å². The summed E-state index contributed by atoms with van der Waals surface area (Å²) in [5.41, 5.74) is 0.818. The fraction of sp³-hybridized carbons (Fsp3) is 0.0714. The molecule has 7 heteroatoms. The minimum atomic E-state index is 0.504. The molecule has 106 valence electrons. The third-order valence-corrected chi connectivity index (χ3v) is 4.25. The van der Waals surface area contributed by atoms with E-state index in [0.717, 1.165) is 10.6 Å². The smallest absolute Gasteiger partial charge is 0.237 e. The molecule has 0 spiro atoms. The molecule has 0 radical (unpaired) electrons. The minimum Gasteiger partial charge on any atom is -0.338 e. The summed E-state index contributed by atoms with van der Waals surface area (Å²) in [5, 5.41) is 5.93. The molecule has 0 aliphatic carbocycles. The van der Waals surface area contributed by atoms with Gasteiger partial charge in [-0.2, -0.15) is 4.98 Å². The van der Waals surface area contributed by atoms with Gasteiger partial charge in [-0.1, -0.05) is 52.3 Å². The third-order valence-electron chi connectivity index (χ3n) is 2.61. The Morgan fingerprint density at radius 1 is 1.14 bits per heavy atom. The van der Waals surface area contributed by atoms with Crippen molar-refractivity contribution in [3.05, 3.63) is 58.5 Å². The first kappa shape index (κ1) is 14.4. The molecule has 0 aliphatic heterocycles. The SMILES string of the molecule is Clc1cccc(-c2noc(CSc3ncccc3Cl)n2)c1. The third kappa shape index (κ3) is 3.56. The topological polar surface area (TPSA) is 51.8 Å². The first-order valence-electron chi connectivity index (χ1n) is 6.04. The molecular formula is C14H9Cl2N3OS. The summed E-state index contributed by atoms with van der Waals surface area (Å²) in [6.07, 6.45) is 1.69. The summed E-state index contributed by atoms with van der Waals surface area (Å²) < 4.78 is 5.22. The quantitative estimate of drug-likeness (QED) is 0.644. The van der Waals surface area contributed by atoms with Gasteiger partial charge < -0.3 is 4.52 Å². The molecule has 0 unspecified atom stereocenters. The van der Waals surface area contributed by atoms with Crippen molar-refractivity contribution in [2.45, 2.75) is 10.8 Å². The highest BCUT2D eigenvalue weighted by molar-refractivity contribution is 7.98. The fourth-order valence-electron chi connectivity index (χ4n) is 1.67. The van der Waals surface area contributed by atoms with E-state index < -0.39 is 0 Å². The predicted molar refractivity (Wildman–Crippen MR) is 83.6 cm³/mol. The second-order valence-corrected chi connectivity index (χ2v) is 5.91. The zero-order chi connectivity index (χ0) is 14.7. The molecule has 4 nitrogen and oxygen atoms in total. The zero-order valence-electron chi connectivity index (χ0n) is 10.7. The highest BCUT2D eigenvalue weighted by Crippen LogP contribution is 2.27. The Balaban J connectivity index is 1.72. The summed E-state index contributed by atoms with van der Waals surface area (Å²) in [4.78, 5) is 8.53. The predicted octanol–water partition coefficient (Wildman–Crippen LogP) is 4.73. The molecule has 0 saturated heterocycles. The van der Waals surface area contributed by atoms with Gasteiger partial charge in [-0.05, 0) is 24.3 Å². The van der Waals surface area contributed by atoms with Crippen LogP contribution < -0.4 is 0 Å². The van der Waals surface area contributed by atoms with E-state index in [1.54, 1.807) is 30.5 Å². The van der Waals surface area contributed by atoms with E-state index in [1.165, 1.54) is 11.8 Å². The van der Waals surface area contributed by atoms with Gasteiger partial charge in [-0.25, -0.2) is 4.98 Å². The van der Waals surface area contributed by atoms with Crippen molar-refractivity contribution < 1.29 is 4.52 Å². The molecule has 0 aliphatic rings. The van der Waals surface area contributed by atoms with Crippen LogP contribution in [0.5, 0.6) is 0 Å². The van der Waals surface area contributed by atoms with Crippen LogP contribution >= 0.6 is 35.0 Å². The molecule has 0 N–H and O–H groups in total. The largest absolute Gasteiger partial charge is 0.338 e. The van der Waals surface area contributed by atoms with E-state index in [9.17, 15) is 0 Å². The molecule has 21 heavy (non-hydrogen) atoms. The normalized spacial score (nSPS) is 10.8. The van der Waals surface area contributed by atoms with E-state index in [0.29, 0.717) is 27.5 Å². The van der Waals surface area contributed by atoms with E-state index in [2.05, 4.69) is 15.1 Å². The Labute approximate surface area is 135 Å². The van der Waals surface area contributed by atoms with E-state index >= 15 is 0 Å². The Kier molecular flexibility index (Phi) is 4.43. The van der Waals surface area contributed by atoms with Crippen LogP contribution in [-0.2, 0) is 5.75 Å². The minimum absolute atomic E-state index is 0.504. The number of halogens is 2. The molecule has 1 aromatic carbocycles. The Hall–Kier alpha value is -1.56. The molecular weight excluding hydrogens is 329 g/mol. The van der Waals surface area contributed by atoms with Crippen molar-refractivity contribution >= 4 is 35.0 Å². The van der Waals surface area contributed by atoms with Gasteiger partial charge in [0.1, 0.15) is 5.03 Å². The van der Waals surface area contributed by atoms with Crippen LogP contribution in [0.3, 0.4) is 0 Å². The maximum absolute atomic E-state index is 6.04. The van der Waals surface area contributed by atoms with E-state index in [4.69, 9.17) is 27.7 Å². The Morgan fingerprint density at radius 2 is 2.05 bits per heavy atom. The first-order valence-corrected chi connectivity index (χ1v) is 7.78. The van der Waals surface area contributed by atoms with Gasteiger partial charge in [-0.15, -0.1) is 0 Å². The number of rotatable bonds is 4. The standard InChI is InChI=1S/C14H9Cl2N3OS/c15-10-4-1-3-9(7-10)13-18-12(20-19-13)8-21-14-11(16)5-2-6-17-14/h1-7H,8H2. The van der Waals surface area contributed by atoms with Crippen molar-refractivity contribution in [3.8, 4) is 11.4 Å². The molecule has 0 fully saturated rings. The van der Waals surface area contributed by atoms with Gasteiger partial charge in [0.15, 0.2) is 0 Å². The average molecular weight is 338 g/mol. The van der Waals surface area contributed by atoms with Crippen molar-refractivity contribution in [1.82, 2.24) is 15.1 Å². The lowest BCUT2D eigenvalue weighted by molar-refractivity contribution is 0.391. The number of nitrogens with zero attached hydrogens (tertiary/aromatic N) is 3. The molecule has 2 heterocycles. The monoisotopic (exact) mass is 337 g/mol. The van der Waals surface area contributed by atoms with Crippen LogP contribution in [-0.4, -0.2) is 15.1 Å². The first-order chi connectivity index (χ1) is 10.2. The zero-order valence-corrected chi connectivity index (χ0v) is 13.0. The summed E-state index contributed by atoms with van der Waals surface area (Å²) in [6.45, 7) is 0. The number of aromatic nitrogens is 3. The van der Waals surface area contributed by atoms with Gasteiger partial charge in [0, 0.05) is 16.8 Å². The van der Waals surface area contributed by atoms with Crippen LogP contribution in [0, 0.1) is 0 Å². The van der Waals surface area contributed by atoms with Crippen LogP contribution in [0.15, 0.2) is 52.1 Å². The molecule has 0 atom stereocenters. The number of benzene rings is 1. The van der Waals surface area contributed by atoms with Crippen molar-refractivity contribution in [3.63, 3.8) is 0 Å². The van der Waals surface area contributed by atoms with E-state index in [1.807, 2.05) is 12.1 Å². The second kappa shape index (κ2) is 6.47. The lowest BCUT2D eigenvalue weighted by atomic mass is 10.2. The van der Waals surface area contributed by atoms with Crippen LogP contribution in [0.25, 0.3) is 11.4 Å². The number of pyridine rings is 1. The van der Waals surface area contributed by atoms with Gasteiger partial charge in [0.2, 0.25) is 11.7 Å². The maximum Gasteiger partial charge on any atom is 0.237 e. The lowest BCUT2D eigenvalue weighted by Gasteiger charge is -1.99. The summed E-state index contributed by atoms with van der Waals surface area (Å²) in [7, 11) is 0. The summed E-state index contributed by atoms with van der Waals surface area (Å²) in [5.74, 6) is 1.53. The molecule has 3 rings (SSSR count). The lowest BCUT2D eigenvalue weighted by Crippen LogP contribution is -1.85. The second-order valence-electron chi connectivity index (χ2n) is 4.10. The van der Waals surface area contributed by atoms with Gasteiger partial charge >= 0.3 is 0 Å². The summed E-state index contributed by atoms with van der Waals surface area (Å²) in [6, 6.07) is 10.9. The van der Waals surface area contributed by atoms with Gasteiger partial charge in [-0.3, -0.25) is 0 Å². The van der Waals surface area contributed by atoms with Crippen LogP contribution in [0.2, 0.25) is 10.0 Å². The Bertz CT molecular complexity index is 763.